The Labute approximate surface area is 107 Å². The Morgan fingerprint density at radius 3 is 2.24 bits per heavy atom. The minimum atomic E-state index is 0.347. The topological polar surface area (TPSA) is 26.7 Å². The molecule has 17 heavy (non-hydrogen) atoms. The summed E-state index contributed by atoms with van der Waals surface area (Å²) in [6, 6.07) is 0. The summed E-state index contributed by atoms with van der Waals surface area (Å²) in [6.45, 7) is 12.3. The quantitative estimate of drug-likeness (QED) is 0.658. The van der Waals surface area contributed by atoms with E-state index < -0.39 is 0 Å². The molecule has 1 saturated heterocycles. The van der Waals surface area contributed by atoms with Gasteiger partial charge >= 0.3 is 0 Å². The zero-order chi connectivity index (χ0) is 12.5. The molecular formula is C14H30N2O. The molecule has 1 aliphatic heterocycles. The van der Waals surface area contributed by atoms with Crippen molar-refractivity contribution >= 4 is 0 Å². The second-order valence-electron chi connectivity index (χ2n) is 5.39. The minimum absolute atomic E-state index is 0.347. The number of likely N-dealkylation sites (N-methyl/N-ethyl adjacent to an activating group) is 1. The molecule has 0 radical (unpaired) electrons. The van der Waals surface area contributed by atoms with Crippen LogP contribution in [0.2, 0.25) is 0 Å². The van der Waals surface area contributed by atoms with Crippen molar-refractivity contribution in [1.29, 1.82) is 0 Å². The summed E-state index contributed by atoms with van der Waals surface area (Å²) in [4.78, 5) is 5.13. The van der Waals surface area contributed by atoms with Crippen LogP contribution in [0.4, 0.5) is 0 Å². The summed E-state index contributed by atoms with van der Waals surface area (Å²) in [7, 11) is 0. The predicted molar refractivity (Wildman–Crippen MR) is 73.3 cm³/mol. The van der Waals surface area contributed by atoms with Crippen molar-refractivity contribution in [2.45, 2.75) is 39.5 Å². The van der Waals surface area contributed by atoms with E-state index in [1.54, 1.807) is 0 Å². The monoisotopic (exact) mass is 242 g/mol. The Hall–Kier alpha value is -0.120. The fourth-order valence-electron chi connectivity index (χ4n) is 2.52. The second-order valence-corrected chi connectivity index (χ2v) is 5.39. The van der Waals surface area contributed by atoms with E-state index in [-0.39, 0.29) is 0 Å². The molecule has 0 amide bonds. The second kappa shape index (κ2) is 8.90. The molecule has 1 fully saturated rings. The molecule has 0 aromatic heterocycles. The van der Waals surface area contributed by atoms with Gasteiger partial charge < -0.3 is 14.9 Å². The highest BCUT2D eigenvalue weighted by Crippen LogP contribution is 2.12. The summed E-state index contributed by atoms with van der Waals surface area (Å²) < 4.78 is 0. The number of rotatable bonds is 8. The maximum absolute atomic E-state index is 8.83. The summed E-state index contributed by atoms with van der Waals surface area (Å²) in [5.41, 5.74) is 0. The molecule has 0 aromatic rings. The van der Waals surface area contributed by atoms with Crippen molar-refractivity contribution in [2.24, 2.45) is 5.92 Å². The maximum Gasteiger partial charge on any atom is 0.0433 e. The van der Waals surface area contributed by atoms with Crippen LogP contribution in [0.3, 0.4) is 0 Å². The van der Waals surface area contributed by atoms with Crippen LogP contribution < -0.4 is 0 Å². The molecule has 3 heteroatoms. The Morgan fingerprint density at radius 2 is 1.65 bits per heavy atom. The van der Waals surface area contributed by atoms with Gasteiger partial charge in [0.2, 0.25) is 0 Å². The van der Waals surface area contributed by atoms with Gasteiger partial charge in [0.15, 0.2) is 0 Å². The van der Waals surface area contributed by atoms with Crippen LogP contribution in [0.15, 0.2) is 0 Å². The van der Waals surface area contributed by atoms with E-state index in [0.717, 1.165) is 6.42 Å². The van der Waals surface area contributed by atoms with Gasteiger partial charge in [0.05, 0.1) is 0 Å². The van der Waals surface area contributed by atoms with E-state index in [2.05, 4.69) is 23.6 Å². The normalized spacial score (nSPS) is 20.6. The Bertz CT molecular complexity index is 179. The number of nitrogens with zero attached hydrogens (tertiary/aromatic N) is 2. The molecule has 0 aromatic carbocycles. The molecule has 1 heterocycles. The van der Waals surface area contributed by atoms with Crippen LogP contribution in [0.1, 0.15) is 39.5 Å². The van der Waals surface area contributed by atoms with Crippen LogP contribution in [0, 0.1) is 5.92 Å². The van der Waals surface area contributed by atoms with Crippen molar-refractivity contribution < 1.29 is 5.11 Å². The van der Waals surface area contributed by atoms with Crippen LogP contribution in [0.5, 0.6) is 0 Å². The van der Waals surface area contributed by atoms with Gasteiger partial charge in [-0.3, -0.25) is 0 Å². The Kier molecular flexibility index (Phi) is 7.82. The molecule has 1 unspecified atom stereocenters. The van der Waals surface area contributed by atoms with Gasteiger partial charge in [-0.05, 0) is 31.8 Å². The summed E-state index contributed by atoms with van der Waals surface area (Å²) in [5.74, 6) is 0.692. The SMILES string of the molecule is CCN1CCN(CCCCC(C)CCO)CC1. The Balaban J connectivity index is 1.96. The highest BCUT2D eigenvalue weighted by molar-refractivity contribution is 4.70. The van der Waals surface area contributed by atoms with Gasteiger partial charge in [0.1, 0.15) is 0 Å². The molecule has 1 aliphatic rings. The number of hydrogen-bond acceptors (Lipinski definition) is 3. The van der Waals surface area contributed by atoms with E-state index in [0.29, 0.717) is 12.5 Å². The van der Waals surface area contributed by atoms with Gasteiger partial charge in [-0.1, -0.05) is 26.7 Å². The molecule has 1 rings (SSSR count). The smallest absolute Gasteiger partial charge is 0.0433 e. The third-order valence-electron chi connectivity index (χ3n) is 3.96. The average Bonchev–Trinajstić information content (AvgIpc) is 2.36. The predicted octanol–water partition coefficient (Wildman–Crippen LogP) is 1.81. The van der Waals surface area contributed by atoms with Gasteiger partial charge in [-0.2, -0.15) is 0 Å². The molecule has 102 valence electrons. The highest BCUT2D eigenvalue weighted by atomic mass is 16.3. The van der Waals surface area contributed by atoms with Crippen molar-refractivity contribution in [3.63, 3.8) is 0 Å². The average molecular weight is 242 g/mol. The lowest BCUT2D eigenvalue weighted by Crippen LogP contribution is -2.46. The van der Waals surface area contributed by atoms with Crippen molar-refractivity contribution in [2.75, 3.05) is 45.9 Å². The molecule has 3 nitrogen and oxygen atoms in total. The van der Waals surface area contributed by atoms with Crippen molar-refractivity contribution in [1.82, 2.24) is 9.80 Å². The first-order chi connectivity index (χ1) is 8.26. The molecule has 0 spiro atoms. The van der Waals surface area contributed by atoms with Gasteiger partial charge in [-0.25, -0.2) is 0 Å². The van der Waals surface area contributed by atoms with Crippen molar-refractivity contribution in [3.8, 4) is 0 Å². The van der Waals surface area contributed by atoms with E-state index in [9.17, 15) is 0 Å². The molecule has 1 atom stereocenters. The zero-order valence-corrected chi connectivity index (χ0v) is 11.7. The lowest BCUT2D eigenvalue weighted by Gasteiger charge is -2.34. The molecule has 0 bridgehead atoms. The van der Waals surface area contributed by atoms with Crippen LogP contribution in [0.25, 0.3) is 0 Å². The number of unbranched alkanes of at least 4 members (excludes halogenated alkanes) is 1. The first-order valence-electron chi connectivity index (χ1n) is 7.31. The summed E-state index contributed by atoms with van der Waals surface area (Å²) in [6.07, 6.45) is 4.88. The lowest BCUT2D eigenvalue weighted by molar-refractivity contribution is 0.135. The number of hydrogen-bond donors (Lipinski definition) is 1. The third-order valence-corrected chi connectivity index (χ3v) is 3.96. The summed E-state index contributed by atoms with van der Waals surface area (Å²) >= 11 is 0. The van der Waals surface area contributed by atoms with E-state index in [1.807, 2.05) is 0 Å². The molecule has 0 aliphatic carbocycles. The maximum atomic E-state index is 8.83. The van der Waals surface area contributed by atoms with Gasteiger partial charge in [-0.15, -0.1) is 0 Å². The summed E-state index contributed by atoms with van der Waals surface area (Å²) in [5, 5.41) is 8.83. The van der Waals surface area contributed by atoms with Gasteiger partial charge in [0.25, 0.3) is 0 Å². The Morgan fingerprint density at radius 1 is 1.00 bits per heavy atom. The lowest BCUT2D eigenvalue weighted by atomic mass is 10.0. The zero-order valence-electron chi connectivity index (χ0n) is 11.7. The van der Waals surface area contributed by atoms with Crippen LogP contribution in [-0.4, -0.2) is 60.8 Å². The largest absolute Gasteiger partial charge is 0.396 e. The fourth-order valence-corrected chi connectivity index (χ4v) is 2.52. The van der Waals surface area contributed by atoms with E-state index >= 15 is 0 Å². The van der Waals surface area contributed by atoms with E-state index in [1.165, 1.54) is 58.5 Å². The minimum Gasteiger partial charge on any atom is -0.396 e. The van der Waals surface area contributed by atoms with E-state index in [4.69, 9.17) is 5.11 Å². The first kappa shape index (κ1) is 14.9. The van der Waals surface area contributed by atoms with Crippen LogP contribution >= 0.6 is 0 Å². The first-order valence-corrected chi connectivity index (χ1v) is 7.31. The van der Waals surface area contributed by atoms with Gasteiger partial charge in [0, 0.05) is 32.8 Å². The van der Waals surface area contributed by atoms with Crippen LogP contribution in [-0.2, 0) is 0 Å². The number of aliphatic hydroxyl groups is 1. The number of piperazine rings is 1. The molecule has 0 saturated carbocycles. The standard InChI is InChI=1S/C14H30N2O/c1-3-15-9-11-16(12-10-15)8-5-4-6-14(2)7-13-17/h14,17H,3-13H2,1-2H3. The molecular weight excluding hydrogens is 212 g/mol. The third kappa shape index (κ3) is 6.39. The highest BCUT2D eigenvalue weighted by Gasteiger charge is 2.14. The fraction of sp³-hybridized carbons (Fsp3) is 1.00. The van der Waals surface area contributed by atoms with Crippen molar-refractivity contribution in [3.05, 3.63) is 0 Å². The molecule has 1 N–H and O–H groups in total. The number of aliphatic hydroxyl groups excluding tert-OH is 1.